The number of ether oxygens (including phenoxy) is 1. The van der Waals surface area contributed by atoms with Crippen molar-refractivity contribution in [1.29, 1.82) is 0 Å². The first-order valence-electron chi connectivity index (χ1n) is 6.59. The van der Waals surface area contributed by atoms with E-state index >= 15 is 0 Å². The van der Waals surface area contributed by atoms with E-state index in [0.717, 1.165) is 13.0 Å². The van der Waals surface area contributed by atoms with Gasteiger partial charge in [0.05, 0.1) is 12.4 Å². The lowest BCUT2D eigenvalue weighted by Gasteiger charge is -2.00. The van der Waals surface area contributed by atoms with Crippen LogP contribution >= 0.6 is 0 Å². The van der Waals surface area contributed by atoms with Gasteiger partial charge in [-0.2, -0.15) is 10.1 Å². The van der Waals surface area contributed by atoms with Gasteiger partial charge in [0.15, 0.2) is 11.4 Å². The third kappa shape index (κ3) is 2.45. The van der Waals surface area contributed by atoms with Crippen molar-refractivity contribution in [3.05, 3.63) is 42.5 Å². The first-order valence-corrected chi connectivity index (χ1v) is 6.59. The van der Waals surface area contributed by atoms with Crippen LogP contribution in [-0.2, 0) is 6.54 Å². The van der Waals surface area contributed by atoms with Gasteiger partial charge in [-0.15, -0.1) is 0 Å². The molecule has 0 fully saturated rings. The van der Waals surface area contributed by atoms with E-state index in [1.54, 1.807) is 41.5 Å². The lowest BCUT2D eigenvalue weighted by atomic mass is 10.4. The lowest BCUT2D eigenvalue weighted by Crippen LogP contribution is -2.03. The van der Waals surface area contributed by atoms with Crippen LogP contribution < -0.4 is 4.74 Å². The first-order chi connectivity index (χ1) is 10.2. The fraction of sp³-hybridized carbons (Fsp3) is 0.214. The van der Waals surface area contributed by atoms with Gasteiger partial charge in [-0.05, 0) is 18.6 Å². The van der Waals surface area contributed by atoms with Crippen LogP contribution in [0.5, 0.6) is 11.6 Å². The van der Waals surface area contributed by atoms with Gasteiger partial charge in [0.2, 0.25) is 0 Å². The van der Waals surface area contributed by atoms with Crippen molar-refractivity contribution in [2.24, 2.45) is 0 Å². The molecule has 0 bridgehead atoms. The average molecular weight is 286 g/mol. The number of carboxylic acids is 1. The highest BCUT2D eigenvalue weighted by Crippen LogP contribution is 2.25. The van der Waals surface area contributed by atoms with Gasteiger partial charge < -0.3 is 9.84 Å². The number of pyridine rings is 1. The number of hydrogen-bond donors (Lipinski definition) is 1. The maximum atomic E-state index is 11.4. The molecule has 7 heteroatoms. The van der Waals surface area contributed by atoms with Gasteiger partial charge in [0.1, 0.15) is 5.65 Å². The van der Waals surface area contributed by atoms with Crippen LogP contribution in [0.3, 0.4) is 0 Å². The Bertz CT molecular complexity index is 790. The van der Waals surface area contributed by atoms with Crippen LogP contribution in [0.15, 0.2) is 36.8 Å². The van der Waals surface area contributed by atoms with Crippen molar-refractivity contribution in [3.63, 3.8) is 0 Å². The summed E-state index contributed by atoms with van der Waals surface area (Å²) in [5.41, 5.74) is 0.514. The van der Waals surface area contributed by atoms with Gasteiger partial charge >= 0.3 is 5.97 Å². The Morgan fingerprint density at radius 3 is 3.05 bits per heavy atom. The standard InChI is InChI=1S/C14H14N4O3/c1-2-6-17-9-10(8-15-17)21-13-12(14(19)20)18-7-4-3-5-11(18)16-13/h3-5,7-9H,2,6H2,1H3,(H,19,20). The van der Waals surface area contributed by atoms with Crippen LogP contribution in [0.1, 0.15) is 23.8 Å². The van der Waals surface area contributed by atoms with Crippen molar-refractivity contribution >= 4 is 11.6 Å². The number of aromatic nitrogens is 4. The summed E-state index contributed by atoms with van der Waals surface area (Å²) >= 11 is 0. The van der Waals surface area contributed by atoms with Crippen molar-refractivity contribution < 1.29 is 14.6 Å². The van der Waals surface area contributed by atoms with Gasteiger partial charge in [0.25, 0.3) is 5.88 Å². The zero-order chi connectivity index (χ0) is 14.8. The molecule has 0 aliphatic carbocycles. The van der Waals surface area contributed by atoms with E-state index in [4.69, 9.17) is 4.74 Å². The highest BCUT2D eigenvalue weighted by molar-refractivity contribution is 5.89. The Balaban J connectivity index is 1.99. The van der Waals surface area contributed by atoms with E-state index < -0.39 is 5.97 Å². The average Bonchev–Trinajstić information content (AvgIpc) is 3.03. The molecule has 3 aromatic rings. The molecule has 0 saturated carbocycles. The summed E-state index contributed by atoms with van der Waals surface area (Å²) < 4.78 is 8.81. The molecule has 0 atom stereocenters. The minimum absolute atomic E-state index is 0.00570. The molecule has 3 aromatic heterocycles. The van der Waals surface area contributed by atoms with Crippen LogP contribution in [0.4, 0.5) is 0 Å². The van der Waals surface area contributed by atoms with Gasteiger partial charge in [-0.25, -0.2) is 4.79 Å². The third-order valence-corrected chi connectivity index (χ3v) is 2.98. The Morgan fingerprint density at radius 2 is 2.29 bits per heavy atom. The molecule has 0 amide bonds. The molecule has 21 heavy (non-hydrogen) atoms. The Labute approximate surface area is 120 Å². The molecular weight excluding hydrogens is 272 g/mol. The predicted octanol–water partition coefficient (Wildman–Crippen LogP) is 2.43. The summed E-state index contributed by atoms with van der Waals surface area (Å²) in [5, 5.41) is 13.5. The fourth-order valence-electron chi connectivity index (χ4n) is 2.10. The molecule has 7 nitrogen and oxygen atoms in total. The molecule has 0 spiro atoms. The number of aromatic carboxylic acids is 1. The highest BCUT2D eigenvalue weighted by Gasteiger charge is 2.20. The molecule has 0 aliphatic rings. The molecule has 0 unspecified atom stereocenters. The van der Waals surface area contributed by atoms with E-state index in [1.807, 2.05) is 6.92 Å². The quantitative estimate of drug-likeness (QED) is 0.779. The van der Waals surface area contributed by atoms with Crippen molar-refractivity contribution in [2.75, 3.05) is 0 Å². The molecule has 0 radical (unpaired) electrons. The monoisotopic (exact) mass is 286 g/mol. The fourth-order valence-corrected chi connectivity index (χ4v) is 2.10. The molecule has 0 aliphatic heterocycles. The second-order valence-corrected chi connectivity index (χ2v) is 4.54. The minimum atomic E-state index is -1.09. The molecule has 1 N–H and O–H groups in total. The Kier molecular flexibility index (Phi) is 3.31. The Hall–Kier alpha value is -2.83. The maximum Gasteiger partial charge on any atom is 0.358 e. The number of aryl methyl sites for hydroxylation is 1. The zero-order valence-electron chi connectivity index (χ0n) is 11.4. The summed E-state index contributed by atoms with van der Waals surface area (Å²) in [4.78, 5) is 15.6. The first kappa shape index (κ1) is 13.2. The van der Waals surface area contributed by atoms with E-state index in [0.29, 0.717) is 11.4 Å². The summed E-state index contributed by atoms with van der Waals surface area (Å²) in [5.74, 6) is -0.566. The molecule has 108 valence electrons. The van der Waals surface area contributed by atoms with E-state index in [1.165, 1.54) is 4.40 Å². The predicted molar refractivity (Wildman–Crippen MR) is 74.7 cm³/mol. The molecular formula is C14H14N4O3. The van der Waals surface area contributed by atoms with Crippen LogP contribution in [0.25, 0.3) is 5.65 Å². The SMILES string of the molecule is CCCn1cc(Oc2nc3ccccn3c2C(=O)O)cn1. The largest absolute Gasteiger partial charge is 0.476 e. The molecule has 3 heterocycles. The normalized spacial score (nSPS) is 10.9. The third-order valence-electron chi connectivity index (χ3n) is 2.98. The topological polar surface area (TPSA) is 81.7 Å². The summed E-state index contributed by atoms with van der Waals surface area (Å²) in [6.07, 6.45) is 5.86. The van der Waals surface area contributed by atoms with Gasteiger partial charge in [0, 0.05) is 12.7 Å². The summed E-state index contributed by atoms with van der Waals surface area (Å²) in [6, 6.07) is 5.25. The number of fused-ring (bicyclic) bond motifs is 1. The molecule has 3 rings (SSSR count). The zero-order valence-corrected chi connectivity index (χ0v) is 11.4. The van der Waals surface area contributed by atoms with Crippen molar-refractivity contribution in [1.82, 2.24) is 19.2 Å². The summed E-state index contributed by atoms with van der Waals surface area (Å²) in [7, 11) is 0. The summed E-state index contributed by atoms with van der Waals surface area (Å²) in [6.45, 7) is 2.83. The van der Waals surface area contributed by atoms with Crippen LogP contribution in [-0.4, -0.2) is 30.2 Å². The molecule has 0 saturated heterocycles. The van der Waals surface area contributed by atoms with Crippen molar-refractivity contribution in [2.45, 2.75) is 19.9 Å². The smallest absolute Gasteiger partial charge is 0.358 e. The van der Waals surface area contributed by atoms with Crippen LogP contribution in [0, 0.1) is 0 Å². The van der Waals surface area contributed by atoms with Crippen LogP contribution in [0.2, 0.25) is 0 Å². The second kappa shape index (κ2) is 5.28. The highest BCUT2D eigenvalue weighted by atomic mass is 16.5. The van der Waals surface area contributed by atoms with E-state index in [2.05, 4.69) is 10.1 Å². The van der Waals surface area contributed by atoms with E-state index in [9.17, 15) is 9.90 Å². The number of carboxylic acid groups (broad SMARTS) is 1. The number of nitrogens with zero attached hydrogens (tertiary/aromatic N) is 4. The minimum Gasteiger partial charge on any atom is -0.476 e. The van der Waals surface area contributed by atoms with Gasteiger partial charge in [-0.3, -0.25) is 9.08 Å². The number of imidazole rings is 1. The van der Waals surface area contributed by atoms with E-state index in [-0.39, 0.29) is 11.6 Å². The molecule has 0 aromatic carbocycles. The number of carbonyl (C=O) groups is 1. The number of rotatable bonds is 5. The number of hydrogen-bond acceptors (Lipinski definition) is 4. The second-order valence-electron chi connectivity index (χ2n) is 4.54. The maximum absolute atomic E-state index is 11.4. The van der Waals surface area contributed by atoms with Gasteiger partial charge in [-0.1, -0.05) is 13.0 Å². The lowest BCUT2D eigenvalue weighted by molar-refractivity contribution is 0.0686. The van der Waals surface area contributed by atoms with Crippen molar-refractivity contribution in [3.8, 4) is 11.6 Å². The Morgan fingerprint density at radius 1 is 1.43 bits per heavy atom.